The van der Waals surface area contributed by atoms with Gasteiger partial charge in [0.2, 0.25) is 11.8 Å². The summed E-state index contributed by atoms with van der Waals surface area (Å²) < 4.78 is 1.54. The van der Waals surface area contributed by atoms with Gasteiger partial charge in [0.25, 0.3) is 0 Å². The van der Waals surface area contributed by atoms with E-state index in [0.717, 1.165) is 18.5 Å². The van der Waals surface area contributed by atoms with Gasteiger partial charge in [0.1, 0.15) is 6.04 Å². The second-order valence-corrected chi connectivity index (χ2v) is 5.99. The van der Waals surface area contributed by atoms with Crippen molar-refractivity contribution in [3.8, 4) is 0 Å². The van der Waals surface area contributed by atoms with Gasteiger partial charge in [-0.25, -0.2) is 4.79 Å². The molecule has 0 spiro atoms. The number of hydrogen-bond acceptors (Lipinski definition) is 4. The van der Waals surface area contributed by atoms with Crippen LogP contribution in [0.25, 0.3) is 0 Å². The van der Waals surface area contributed by atoms with E-state index in [1.165, 1.54) is 11.5 Å². The summed E-state index contributed by atoms with van der Waals surface area (Å²) in [6.45, 7) is 6.46. The fourth-order valence-electron chi connectivity index (χ4n) is 3.04. The quantitative estimate of drug-likeness (QED) is 0.869. The Hall–Kier alpha value is -2.18. The molecule has 0 unspecified atom stereocenters. The molecule has 1 aliphatic heterocycles. The molecule has 1 atom stereocenters. The van der Waals surface area contributed by atoms with Crippen molar-refractivity contribution in [1.29, 1.82) is 0 Å². The minimum absolute atomic E-state index is 0.0698. The van der Waals surface area contributed by atoms with Crippen LogP contribution in [0.2, 0.25) is 0 Å². The molecule has 1 fully saturated rings. The van der Waals surface area contributed by atoms with Crippen LogP contribution in [0.5, 0.6) is 0 Å². The lowest BCUT2D eigenvalue weighted by molar-refractivity contribution is -0.140. The first-order chi connectivity index (χ1) is 10.9. The first-order valence-corrected chi connectivity index (χ1v) is 8.00. The molecule has 2 heterocycles. The lowest BCUT2D eigenvalue weighted by atomic mass is 10.0. The third-order valence-electron chi connectivity index (χ3n) is 4.19. The molecule has 0 radical (unpaired) electrons. The second kappa shape index (κ2) is 7.39. The van der Waals surface area contributed by atoms with Crippen LogP contribution in [0, 0.1) is 13.8 Å². The number of likely N-dealkylation sites (tertiary alicyclic amines) is 1. The number of piperidine rings is 1. The molecular weight excluding hydrogens is 296 g/mol. The van der Waals surface area contributed by atoms with Gasteiger partial charge in [0, 0.05) is 37.9 Å². The maximum atomic E-state index is 12.3. The Labute approximate surface area is 135 Å². The van der Waals surface area contributed by atoms with E-state index in [-0.39, 0.29) is 17.5 Å². The Kier molecular flexibility index (Phi) is 5.52. The van der Waals surface area contributed by atoms with Crippen LogP contribution in [0.4, 0.5) is 0 Å². The van der Waals surface area contributed by atoms with Gasteiger partial charge >= 0.3 is 5.69 Å². The summed E-state index contributed by atoms with van der Waals surface area (Å²) in [6.07, 6.45) is 2.58. The summed E-state index contributed by atoms with van der Waals surface area (Å²) in [5, 5.41) is 2.83. The topological polar surface area (TPSA) is 84.3 Å². The van der Waals surface area contributed by atoms with Crippen molar-refractivity contribution in [3.63, 3.8) is 0 Å². The normalized spacial score (nSPS) is 17.9. The first-order valence-electron chi connectivity index (χ1n) is 8.00. The van der Waals surface area contributed by atoms with Crippen molar-refractivity contribution < 1.29 is 9.59 Å². The molecule has 7 nitrogen and oxygen atoms in total. The highest BCUT2D eigenvalue weighted by atomic mass is 16.2. The summed E-state index contributed by atoms with van der Waals surface area (Å²) >= 11 is 0. The molecule has 0 aromatic carbocycles. The molecule has 1 saturated heterocycles. The smallest absolute Gasteiger partial charge is 0.348 e. The molecule has 0 bridgehead atoms. The predicted octanol–water partition coefficient (Wildman–Crippen LogP) is 0.377. The van der Waals surface area contributed by atoms with Gasteiger partial charge in [0.05, 0.1) is 0 Å². The van der Waals surface area contributed by atoms with Gasteiger partial charge in [-0.15, -0.1) is 0 Å². The van der Waals surface area contributed by atoms with E-state index >= 15 is 0 Å². The summed E-state index contributed by atoms with van der Waals surface area (Å²) in [6, 6.07) is 1.44. The number of amides is 2. The van der Waals surface area contributed by atoms with Gasteiger partial charge in [-0.2, -0.15) is 4.98 Å². The van der Waals surface area contributed by atoms with Crippen LogP contribution in [0.1, 0.15) is 37.6 Å². The summed E-state index contributed by atoms with van der Waals surface area (Å²) in [5.41, 5.74) is 1.20. The van der Waals surface area contributed by atoms with Crippen LogP contribution in [-0.2, 0) is 16.1 Å². The van der Waals surface area contributed by atoms with Gasteiger partial charge in [-0.05, 0) is 39.2 Å². The van der Waals surface area contributed by atoms with Crippen LogP contribution in [0.3, 0.4) is 0 Å². The molecule has 1 N–H and O–H groups in total. The Balaban J connectivity index is 1.94. The largest absolute Gasteiger partial charge is 0.353 e. The minimum Gasteiger partial charge on any atom is -0.353 e. The van der Waals surface area contributed by atoms with E-state index in [1.807, 2.05) is 13.0 Å². The third kappa shape index (κ3) is 4.18. The van der Waals surface area contributed by atoms with Crippen LogP contribution < -0.4 is 11.0 Å². The van der Waals surface area contributed by atoms with Crippen LogP contribution >= 0.6 is 0 Å². The van der Waals surface area contributed by atoms with Crippen molar-refractivity contribution in [2.45, 2.75) is 52.6 Å². The highest BCUT2D eigenvalue weighted by Gasteiger charge is 2.29. The van der Waals surface area contributed by atoms with E-state index in [9.17, 15) is 14.4 Å². The van der Waals surface area contributed by atoms with Gasteiger partial charge < -0.3 is 10.2 Å². The number of carbonyl (C=O) groups is 2. The number of carbonyl (C=O) groups excluding carboxylic acids is 2. The maximum Gasteiger partial charge on any atom is 0.348 e. The van der Waals surface area contributed by atoms with Crippen molar-refractivity contribution in [2.75, 3.05) is 13.1 Å². The zero-order valence-corrected chi connectivity index (χ0v) is 14.0. The van der Waals surface area contributed by atoms with Gasteiger partial charge in [-0.3, -0.25) is 14.2 Å². The molecule has 7 heteroatoms. The molecular formula is C16H24N4O3. The number of aromatic nitrogens is 2. The van der Waals surface area contributed by atoms with Crippen LogP contribution in [-0.4, -0.2) is 45.4 Å². The zero-order chi connectivity index (χ0) is 17.0. The molecule has 2 rings (SSSR count). The second-order valence-electron chi connectivity index (χ2n) is 5.99. The monoisotopic (exact) mass is 320 g/mol. The molecule has 0 saturated carbocycles. The van der Waals surface area contributed by atoms with E-state index in [2.05, 4.69) is 10.3 Å². The summed E-state index contributed by atoms with van der Waals surface area (Å²) in [5.74, 6) is -0.217. The van der Waals surface area contributed by atoms with E-state index in [0.29, 0.717) is 31.7 Å². The molecule has 2 amide bonds. The standard InChI is InChI=1S/C16H24N4O3/c1-11-10-12(2)19(16(23)18-11)9-7-17-15(22)14-6-4-5-8-20(14)13(3)21/h10,14H,4-9H2,1-3H3,(H,17,22)/t14-/m0/s1. The Bertz CT molecular complexity index is 653. The van der Waals surface area contributed by atoms with Crippen LogP contribution in [0.15, 0.2) is 10.9 Å². The first kappa shape index (κ1) is 17.2. The maximum absolute atomic E-state index is 12.3. The average Bonchev–Trinajstić information content (AvgIpc) is 2.49. The SMILES string of the molecule is CC(=O)N1CCCC[C@H]1C(=O)NCCn1c(C)cc(C)nc1=O. The van der Waals surface area contributed by atoms with Gasteiger partial charge in [0.15, 0.2) is 0 Å². The van der Waals surface area contributed by atoms with Crippen molar-refractivity contribution in [2.24, 2.45) is 0 Å². The van der Waals surface area contributed by atoms with E-state index in [1.54, 1.807) is 11.8 Å². The fraction of sp³-hybridized carbons (Fsp3) is 0.625. The number of rotatable bonds is 4. The Morgan fingerprint density at radius 1 is 1.35 bits per heavy atom. The minimum atomic E-state index is -0.393. The number of aryl methyl sites for hydroxylation is 2. The molecule has 1 aliphatic rings. The third-order valence-corrected chi connectivity index (χ3v) is 4.19. The Morgan fingerprint density at radius 3 is 2.74 bits per heavy atom. The number of nitrogens with one attached hydrogen (secondary N) is 1. The lowest BCUT2D eigenvalue weighted by Crippen LogP contribution is -2.51. The lowest BCUT2D eigenvalue weighted by Gasteiger charge is -2.33. The van der Waals surface area contributed by atoms with Crippen molar-refractivity contribution in [1.82, 2.24) is 19.8 Å². The zero-order valence-electron chi connectivity index (χ0n) is 14.0. The molecule has 1 aromatic heterocycles. The average molecular weight is 320 g/mol. The van der Waals surface area contributed by atoms with E-state index < -0.39 is 6.04 Å². The molecule has 126 valence electrons. The fourth-order valence-corrected chi connectivity index (χ4v) is 3.04. The molecule has 0 aliphatic carbocycles. The summed E-state index contributed by atoms with van der Waals surface area (Å²) in [7, 11) is 0. The molecule has 23 heavy (non-hydrogen) atoms. The van der Waals surface area contributed by atoms with E-state index in [4.69, 9.17) is 0 Å². The Morgan fingerprint density at radius 2 is 2.09 bits per heavy atom. The highest BCUT2D eigenvalue weighted by Crippen LogP contribution is 2.17. The summed E-state index contributed by atoms with van der Waals surface area (Å²) in [4.78, 5) is 41.3. The molecule has 1 aromatic rings. The highest BCUT2D eigenvalue weighted by molar-refractivity contribution is 5.87. The predicted molar refractivity (Wildman–Crippen MR) is 86.0 cm³/mol. The van der Waals surface area contributed by atoms with Crippen molar-refractivity contribution in [3.05, 3.63) is 27.9 Å². The van der Waals surface area contributed by atoms with Crippen molar-refractivity contribution >= 4 is 11.8 Å². The number of nitrogens with zero attached hydrogens (tertiary/aromatic N) is 3. The van der Waals surface area contributed by atoms with Gasteiger partial charge in [-0.1, -0.05) is 0 Å². The number of hydrogen-bond donors (Lipinski definition) is 1.